The largest absolute Gasteiger partial charge is 0.481 e. The summed E-state index contributed by atoms with van der Waals surface area (Å²) in [5.74, 6) is -3.64. The highest BCUT2D eigenvalue weighted by molar-refractivity contribution is 5.88. The predicted octanol–water partition coefficient (Wildman–Crippen LogP) is 1.43. The SMILES string of the molecule is CCCC(C)CCCOC(=O)CC(O)(CC(=O)O)C(=O)O. The molecule has 0 aromatic rings. The van der Waals surface area contributed by atoms with Crippen molar-refractivity contribution in [3.63, 3.8) is 0 Å². The Balaban J connectivity index is 4.16. The molecule has 0 aliphatic rings. The van der Waals surface area contributed by atoms with Crippen LogP contribution in [0, 0.1) is 5.92 Å². The summed E-state index contributed by atoms with van der Waals surface area (Å²) in [5.41, 5.74) is -2.63. The molecule has 0 amide bonds. The minimum Gasteiger partial charge on any atom is -0.481 e. The summed E-state index contributed by atoms with van der Waals surface area (Å²) in [6.45, 7) is 4.32. The van der Waals surface area contributed by atoms with Gasteiger partial charge >= 0.3 is 17.9 Å². The topological polar surface area (TPSA) is 121 Å². The number of carboxylic acids is 2. The zero-order chi connectivity index (χ0) is 16.5. The van der Waals surface area contributed by atoms with Gasteiger partial charge in [-0.1, -0.05) is 26.7 Å². The van der Waals surface area contributed by atoms with Gasteiger partial charge in [-0.25, -0.2) is 4.79 Å². The lowest BCUT2D eigenvalue weighted by Crippen LogP contribution is -2.43. The highest BCUT2D eigenvalue weighted by Crippen LogP contribution is 2.17. The first kappa shape index (κ1) is 19.4. The van der Waals surface area contributed by atoms with E-state index >= 15 is 0 Å². The third-order valence-electron chi connectivity index (χ3n) is 3.16. The molecule has 0 fully saturated rings. The second-order valence-electron chi connectivity index (χ2n) is 5.34. The fourth-order valence-corrected chi connectivity index (χ4v) is 2.01. The van der Waals surface area contributed by atoms with E-state index in [9.17, 15) is 19.5 Å². The molecule has 2 unspecified atom stereocenters. The van der Waals surface area contributed by atoms with Gasteiger partial charge in [-0.15, -0.1) is 0 Å². The van der Waals surface area contributed by atoms with Crippen molar-refractivity contribution in [3.05, 3.63) is 0 Å². The lowest BCUT2D eigenvalue weighted by atomic mass is 9.96. The molecule has 0 heterocycles. The van der Waals surface area contributed by atoms with Crippen LogP contribution < -0.4 is 0 Å². The van der Waals surface area contributed by atoms with E-state index in [4.69, 9.17) is 14.9 Å². The quantitative estimate of drug-likeness (QED) is 0.390. The molecule has 0 radical (unpaired) electrons. The number of aliphatic carboxylic acids is 2. The van der Waals surface area contributed by atoms with E-state index in [-0.39, 0.29) is 6.61 Å². The number of hydrogen-bond acceptors (Lipinski definition) is 5. The van der Waals surface area contributed by atoms with Crippen LogP contribution in [0.25, 0.3) is 0 Å². The Hall–Kier alpha value is -1.63. The van der Waals surface area contributed by atoms with E-state index in [1.165, 1.54) is 0 Å². The molecular formula is C14H24O7. The minimum atomic E-state index is -2.63. The van der Waals surface area contributed by atoms with Crippen LogP contribution >= 0.6 is 0 Å². The standard InChI is InChI=1S/C14H24O7/c1-3-5-10(2)6-4-7-21-12(17)9-14(20,13(18)19)8-11(15)16/h10,20H,3-9H2,1-2H3,(H,15,16)(H,18,19). The van der Waals surface area contributed by atoms with Gasteiger partial charge in [0.1, 0.15) is 0 Å². The molecule has 0 saturated carbocycles. The Morgan fingerprint density at radius 2 is 1.76 bits per heavy atom. The molecule has 3 N–H and O–H groups in total. The smallest absolute Gasteiger partial charge is 0.336 e. The number of ether oxygens (including phenoxy) is 1. The van der Waals surface area contributed by atoms with E-state index in [1.807, 2.05) is 0 Å². The van der Waals surface area contributed by atoms with Crippen molar-refractivity contribution in [2.24, 2.45) is 5.92 Å². The molecule has 0 aromatic heterocycles. The first-order chi connectivity index (χ1) is 9.71. The van der Waals surface area contributed by atoms with Crippen molar-refractivity contribution in [1.29, 1.82) is 0 Å². The fraction of sp³-hybridized carbons (Fsp3) is 0.786. The maximum absolute atomic E-state index is 11.5. The number of esters is 1. The van der Waals surface area contributed by atoms with Crippen LogP contribution in [-0.2, 0) is 19.1 Å². The highest BCUT2D eigenvalue weighted by atomic mass is 16.5. The molecule has 0 aliphatic heterocycles. The van der Waals surface area contributed by atoms with E-state index in [2.05, 4.69) is 13.8 Å². The summed E-state index contributed by atoms with van der Waals surface area (Å²) in [7, 11) is 0. The third kappa shape index (κ3) is 8.29. The lowest BCUT2D eigenvalue weighted by Gasteiger charge is -2.20. The summed E-state index contributed by atoms with van der Waals surface area (Å²) >= 11 is 0. The second kappa shape index (κ2) is 9.33. The summed E-state index contributed by atoms with van der Waals surface area (Å²) in [5, 5.41) is 27.0. The molecule has 2 atom stereocenters. The van der Waals surface area contributed by atoms with Crippen LogP contribution in [0.3, 0.4) is 0 Å². The van der Waals surface area contributed by atoms with Crippen molar-refractivity contribution >= 4 is 17.9 Å². The molecule has 122 valence electrons. The van der Waals surface area contributed by atoms with Gasteiger partial charge in [0.2, 0.25) is 0 Å². The molecule has 0 rings (SSSR count). The van der Waals surface area contributed by atoms with Gasteiger partial charge in [-0.05, 0) is 18.8 Å². The molecule has 7 nitrogen and oxygen atoms in total. The summed E-state index contributed by atoms with van der Waals surface area (Å²) < 4.78 is 4.84. The Bertz CT molecular complexity index is 366. The number of carbonyl (C=O) groups is 3. The van der Waals surface area contributed by atoms with Gasteiger partial charge in [0.15, 0.2) is 5.60 Å². The Kier molecular flexibility index (Phi) is 8.61. The number of carboxylic acid groups (broad SMARTS) is 2. The van der Waals surface area contributed by atoms with Gasteiger partial charge in [-0.2, -0.15) is 0 Å². The van der Waals surface area contributed by atoms with Gasteiger partial charge in [-0.3, -0.25) is 9.59 Å². The molecular weight excluding hydrogens is 280 g/mol. The van der Waals surface area contributed by atoms with Crippen LogP contribution in [0.4, 0.5) is 0 Å². The van der Waals surface area contributed by atoms with Crippen molar-refractivity contribution in [2.45, 2.75) is 58.0 Å². The Labute approximate surface area is 123 Å². The zero-order valence-corrected chi connectivity index (χ0v) is 12.5. The molecule has 0 saturated heterocycles. The second-order valence-corrected chi connectivity index (χ2v) is 5.34. The normalized spacial score (nSPS) is 15.0. The number of hydrogen-bond donors (Lipinski definition) is 3. The van der Waals surface area contributed by atoms with E-state index in [1.54, 1.807) is 0 Å². The number of rotatable bonds is 11. The molecule has 0 aromatic carbocycles. The van der Waals surface area contributed by atoms with E-state index in [0.717, 1.165) is 19.3 Å². The number of aliphatic hydroxyl groups is 1. The van der Waals surface area contributed by atoms with Gasteiger partial charge in [0.05, 0.1) is 19.4 Å². The molecule has 21 heavy (non-hydrogen) atoms. The monoisotopic (exact) mass is 304 g/mol. The summed E-state index contributed by atoms with van der Waals surface area (Å²) in [6.07, 6.45) is 1.79. The van der Waals surface area contributed by atoms with Crippen LogP contribution in [-0.4, -0.2) is 45.4 Å². The Morgan fingerprint density at radius 1 is 1.14 bits per heavy atom. The highest BCUT2D eigenvalue weighted by Gasteiger charge is 2.41. The third-order valence-corrected chi connectivity index (χ3v) is 3.16. The van der Waals surface area contributed by atoms with E-state index in [0.29, 0.717) is 12.3 Å². The van der Waals surface area contributed by atoms with Crippen LogP contribution in [0.5, 0.6) is 0 Å². The molecule has 0 bridgehead atoms. The first-order valence-electron chi connectivity index (χ1n) is 7.04. The van der Waals surface area contributed by atoms with E-state index < -0.39 is 36.4 Å². The average Bonchev–Trinajstić information content (AvgIpc) is 2.33. The summed E-state index contributed by atoms with van der Waals surface area (Å²) in [4.78, 5) is 32.9. The van der Waals surface area contributed by atoms with Gasteiger partial charge in [0, 0.05) is 0 Å². The van der Waals surface area contributed by atoms with Crippen molar-refractivity contribution < 1.29 is 34.4 Å². The van der Waals surface area contributed by atoms with Crippen LogP contribution in [0.15, 0.2) is 0 Å². The fourth-order valence-electron chi connectivity index (χ4n) is 2.01. The van der Waals surface area contributed by atoms with Gasteiger partial charge in [0.25, 0.3) is 0 Å². The average molecular weight is 304 g/mol. The Morgan fingerprint density at radius 3 is 2.24 bits per heavy atom. The molecule has 0 aliphatic carbocycles. The lowest BCUT2D eigenvalue weighted by molar-refractivity contribution is -0.172. The van der Waals surface area contributed by atoms with Gasteiger partial charge < -0.3 is 20.1 Å². The zero-order valence-electron chi connectivity index (χ0n) is 12.5. The predicted molar refractivity (Wildman–Crippen MR) is 73.7 cm³/mol. The van der Waals surface area contributed by atoms with Crippen molar-refractivity contribution in [3.8, 4) is 0 Å². The molecule has 7 heteroatoms. The van der Waals surface area contributed by atoms with Crippen molar-refractivity contribution in [1.82, 2.24) is 0 Å². The minimum absolute atomic E-state index is 0.135. The molecule has 0 spiro atoms. The summed E-state index contributed by atoms with van der Waals surface area (Å²) in [6, 6.07) is 0. The first-order valence-corrected chi connectivity index (χ1v) is 7.04. The van der Waals surface area contributed by atoms with Crippen LogP contribution in [0.2, 0.25) is 0 Å². The maximum Gasteiger partial charge on any atom is 0.336 e. The van der Waals surface area contributed by atoms with Crippen molar-refractivity contribution in [2.75, 3.05) is 6.61 Å². The number of carbonyl (C=O) groups excluding carboxylic acids is 1. The maximum atomic E-state index is 11.5. The van der Waals surface area contributed by atoms with Crippen LogP contribution in [0.1, 0.15) is 52.4 Å².